The SMILES string of the molecule is COc1ccccc1CC(N)c1ccc(Cl)cc1OC. The van der Waals surface area contributed by atoms with Crippen molar-refractivity contribution in [2.75, 3.05) is 14.2 Å². The van der Waals surface area contributed by atoms with Crippen LogP contribution in [0.2, 0.25) is 5.02 Å². The summed E-state index contributed by atoms with van der Waals surface area (Å²) in [5.74, 6) is 1.55. The molecule has 106 valence electrons. The fourth-order valence-corrected chi connectivity index (χ4v) is 2.37. The number of para-hydroxylation sites is 1. The zero-order chi connectivity index (χ0) is 14.5. The lowest BCUT2D eigenvalue weighted by Gasteiger charge is -2.17. The lowest BCUT2D eigenvalue weighted by molar-refractivity contribution is 0.401. The van der Waals surface area contributed by atoms with E-state index in [0.717, 1.165) is 16.9 Å². The van der Waals surface area contributed by atoms with Gasteiger partial charge in [-0.2, -0.15) is 0 Å². The summed E-state index contributed by atoms with van der Waals surface area (Å²) in [5, 5.41) is 0.634. The molecule has 0 aromatic heterocycles. The number of halogens is 1. The second-order valence-electron chi connectivity index (χ2n) is 4.51. The van der Waals surface area contributed by atoms with Gasteiger partial charge in [-0.05, 0) is 30.2 Å². The molecule has 0 fully saturated rings. The van der Waals surface area contributed by atoms with Gasteiger partial charge in [-0.25, -0.2) is 0 Å². The first-order chi connectivity index (χ1) is 9.65. The molecule has 0 spiro atoms. The van der Waals surface area contributed by atoms with E-state index in [1.54, 1.807) is 20.3 Å². The van der Waals surface area contributed by atoms with Crippen LogP contribution < -0.4 is 15.2 Å². The molecule has 4 heteroatoms. The van der Waals surface area contributed by atoms with Crippen molar-refractivity contribution in [3.63, 3.8) is 0 Å². The van der Waals surface area contributed by atoms with Crippen molar-refractivity contribution in [3.8, 4) is 11.5 Å². The summed E-state index contributed by atoms with van der Waals surface area (Å²) in [6.45, 7) is 0. The van der Waals surface area contributed by atoms with Gasteiger partial charge in [0, 0.05) is 16.6 Å². The van der Waals surface area contributed by atoms with Crippen molar-refractivity contribution in [2.45, 2.75) is 12.5 Å². The van der Waals surface area contributed by atoms with Crippen LogP contribution in [0.25, 0.3) is 0 Å². The lowest BCUT2D eigenvalue weighted by Crippen LogP contribution is -2.15. The van der Waals surface area contributed by atoms with Gasteiger partial charge >= 0.3 is 0 Å². The Morgan fingerprint density at radius 2 is 1.75 bits per heavy atom. The molecule has 20 heavy (non-hydrogen) atoms. The monoisotopic (exact) mass is 291 g/mol. The molecule has 2 rings (SSSR count). The minimum Gasteiger partial charge on any atom is -0.496 e. The molecule has 0 aliphatic carbocycles. The van der Waals surface area contributed by atoms with Crippen LogP contribution in [-0.4, -0.2) is 14.2 Å². The summed E-state index contributed by atoms with van der Waals surface area (Å²) in [4.78, 5) is 0. The molecule has 0 saturated heterocycles. The number of hydrogen-bond donors (Lipinski definition) is 1. The van der Waals surface area contributed by atoms with Gasteiger partial charge < -0.3 is 15.2 Å². The highest BCUT2D eigenvalue weighted by atomic mass is 35.5. The van der Waals surface area contributed by atoms with Crippen LogP contribution in [0.5, 0.6) is 11.5 Å². The van der Waals surface area contributed by atoms with E-state index in [-0.39, 0.29) is 6.04 Å². The fourth-order valence-electron chi connectivity index (χ4n) is 2.21. The molecule has 0 heterocycles. The highest BCUT2D eigenvalue weighted by molar-refractivity contribution is 6.30. The van der Waals surface area contributed by atoms with E-state index in [1.165, 1.54) is 0 Å². The van der Waals surface area contributed by atoms with E-state index in [4.69, 9.17) is 26.8 Å². The maximum Gasteiger partial charge on any atom is 0.125 e. The van der Waals surface area contributed by atoms with Crippen molar-refractivity contribution in [3.05, 3.63) is 58.6 Å². The van der Waals surface area contributed by atoms with Gasteiger partial charge in [-0.15, -0.1) is 0 Å². The average Bonchev–Trinajstić information content (AvgIpc) is 2.47. The van der Waals surface area contributed by atoms with Crippen LogP contribution in [0.15, 0.2) is 42.5 Å². The molecule has 1 atom stereocenters. The molecule has 2 N–H and O–H groups in total. The molecule has 2 aromatic carbocycles. The summed E-state index contributed by atoms with van der Waals surface area (Å²) in [6.07, 6.45) is 0.669. The van der Waals surface area contributed by atoms with Gasteiger partial charge in [-0.1, -0.05) is 35.9 Å². The Hall–Kier alpha value is -1.71. The number of hydrogen-bond acceptors (Lipinski definition) is 3. The number of benzene rings is 2. The second kappa shape index (κ2) is 6.64. The zero-order valence-electron chi connectivity index (χ0n) is 11.6. The van der Waals surface area contributed by atoms with E-state index in [0.29, 0.717) is 17.2 Å². The van der Waals surface area contributed by atoms with Crippen molar-refractivity contribution < 1.29 is 9.47 Å². The zero-order valence-corrected chi connectivity index (χ0v) is 12.4. The van der Waals surface area contributed by atoms with Crippen molar-refractivity contribution in [1.82, 2.24) is 0 Å². The maximum absolute atomic E-state index is 6.30. The predicted octanol–water partition coefficient (Wildman–Crippen LogP) is 3.60. The predicted molar refractivity (Wildman–Crippen MR) is 81.6 cm³/mol. The number of nitrogens with two attached hydrogens (primary N) is 1. The number of methoxy groups -OCH3 is 2. The third kappa shape index (κ3) is 3.24. The Kier molecular flexibility index (Phi) is 4.88. The van der Waals surface area contributed by atoms with Crippen LogP contribution in [0.4, 0.5) is 0 Å². The van der Waals surface area contributed by atoms with E-state index in [1.807, 2.05) is 36.4 Å². The van der Waals surface area contributed by atoms with Crippen LogP contribution >= 0.6 is 11.6 Å². The molecule has 0 bridgehead atoms. The molecule has 3 nitrogen and oxygen atoms in total. The van der Waals surface area contributed by atoms with E-state index in [9.17, 15) is 0 Å². The summed E-state index contributed by atoms with van der Waals surface area (Å²) < 4.78 is 10.7. The molecule has 1 unspecified atom stereocenters. The van der Waals surface area contributed by atoms with Crippen LogP contribution in [-0.2, 0) is 6.42 Å². The largest absolute Gasteiger partial charge is 0.496 e. The van der Waals surface area contributed by atoms with Crippen molar-refractivity contribution in [2.24, 2.45) is 5.73 Å². The summed E-state index contributed by atoms with van der Waals surface area (Å²) in [5.41, 5.74) is 8.30. The second-order valence-corrected chi connectivity index (χ2v) is 4.95. The summed E-state index contributed by atoms with van der Waals surface area (Å²) in [6, 6.07) is 13.2. The van der Waals surface area contributed by atoms with Gasteiger partial charge in [0.2, 0.25) is 0 Å². The van der Waals surface area contributed by atoms with Crippen molar-refractivity contribution >= 4 is 11.6 Å². The fraction of sp³-hybridized carbons (Fsp3) is 0.250. The Morgan fingerprint density at radius 1 is 1.05 bits per heavy atom. The topological polar surface area (TPSA) is 44.5 Å². The summed E-state index contributed by atoms with van der Waals surface area (Å²) >= 11 is 5.97. The van der Waals surface area contributed by atoms with Gasteiger partial charge in [0.15, 0.2) is 0 Å². The Morgan fingerprint density at radius 3 is 2.45 bits per heavy atom. The van der Waals surface area contributed by atoms with Crippen LogP contribution in [0.1, 0.15) is 17.2 Å². The molecule has 0 aliphatic rings. The average molecular weight is 292 g/mol. The molecule has 0 saturated carbocycles. The molecule has 2 aromatic rings. The number of ether oxygens (including phenoxy) is 2. The highest BCUT2D eigenvalue weighted by Crippen LogP contribution is 2.30. The van der Waals surface area contributed by atoms with Gasteiger partial charge in [0.1, 0.15) is 11.5 Å². The van der Waals surface area contributed by atoms with Crippen molar-refractivity contribution in [1.29, 1.82) is 0 Å². The van der Waals surface area contributed by atoms with Crippen LogP contribution in [0.3, 0.4) is 0 Å². The first-order valence-electron chi connectivity index (χ1n) is 6.36. The Balaban J connectivity index is 2.26. The minimum atomic E-state index is -0.182. The normalized spacial score (nSPS) is 12.0. The quantitative estimate of drug-likeness (QED) is 0.915. The van der Waals surface area contributed by atoms with E-state index < -0.39 is 0 Å². The first kappa shape index (κ1) is 14.7. The lowest BCUT2D eigenvalue weighted by atomic mass is 9.98. The molecular formula is C16H18ClNO2. The van der Waals surface area contributed by atoms with E-state index >= 15 is 0 Å². The third-order valence-corrected chi connectivity index (χ3v) is 3.46. The Bertz CT molecular complexity index is 586. The molecule has 0 aliphatic heterocycles. The smallest absolute Gasteiger partial charge is 0.125 e. The van der Waals surface area contributed by atoms with Crippen LogP contribution in [0, 0.1) is 0 Å². The Labute approximate surface area is 124 Å². The highest BCUT2D eigenvalue weighted by Gasteiger charge is 2.15. The van der Waals surface area contributed by atoms with Gasteiger partial charge in [0.25, 0.3) is 0 Å². The molecule has 0 amide bonds. The minimum absolute atomic E-state index is 0.182. The standard InChI is InChI=1S/C16H18ClNO2/c1-19-15-6-4-3-5-11(15)9-14(18)13-8-7-12(17)10-16(13)20-2/h3-8,10,14H,9,18H2,1-2H3. The summed E-state index contributed by atoms with van der Waals surface area (Å²) in [7, 11) is 3.28. The maximum atomic E-state index is 6.30. The third-order valence-electron chi connectivity index (χ3n) is 3.23. The van der Waals surface area contributed by atoms with E-state index in [2.05, 4.69) is 0 Å². The van der Waals surface area contributed by atoms with Gasteiger partial charge in [-0.3, -0.25) is 0 Å². The number of rotatable bonds is 5. The molecule has 0 radical (unpaired) electrons. The van der Waals surface area contributed by atoms with Gasteiger partial charge in [0.05, 0.1) is 14.2 Å². The molecular weight excluding hydrogens is 274 g/mol. The first-order valence-corrected chi connectivity index (χ1v) is 6.74.